The first-order chi connectivity index (χ1) is 9.59. The first kappa shape index (κ1) is 14.1. The first-order valence-corrected chi connectivity index (χ1v) is 6.46. The molecular formula is C16H18FN3. The summed E-state index contributed by atoms with van der Waals surface area (Å²) in [7, 11) is 1.80. The molecule has 1 atom stereocenters. The normalized spacial score (nSPS) is 13.1. The van der Waals surface area contributed by atoms with Crippen molar-refractivity contribution in [3.8, 4) is 0 Å². The molecule has 0 aliphatic rings. The summed E-state index contributed by atoms with van der Waals surface area (Å²) in [6, 6.07) is 15.9. The number of guanidine groups is 1. The second-order valence-corrected chi connectivity index (χ2v) is 4.61. The molecule has 1 unspecified atom stereocenters. The lowest BCUT2D eigenvalue weighted by Crippen LogP contribution is -2.36. The summed E-state index contributed by atoms with van der Waals surface area (Å²) in [6.07, 6.45) is 0. The molecule has 0 spiro atoms. The zero-order valence-electron chi connectivity index (χ0n) is 11.6. The highest BCUT2D eigenvalue weighted by Gasteiger charge is 2.16. The van der Waals surface area contributed by atoms with E-state index < -0.39 is 0 Å². The number of para-hydroxylation sites is 1. The molecule has 0 aromatic heterocycles. The van der Waals surface area contributed by atoms with Crippen LogP contribution in [0, 0.1) is 5.82 Å². The van der Waals surface area contributed by atoms with Crippen molar-refractivity contribution < 1.29 is 4.39 Å². The number of halogens is 1. The fraction of sp³-hybridized carbons (Fsp3) is 0.188. The SMILES string of the molecule is CC(c1ccccc1F)N(C)C(N)=Nc1ccccc1. The lowest BCUT2D eigenvalue weighted by molar-refractivity contribution is 0.385. The number of nitrogens with zero attached hydrogens (tertiary/aromatic N) is 2. The third kappa shape index (κ3) is 3.15. The highest BCUT2D eigenvalue weighted by Crippen LogP contribution is 2.22. The van der Waals surface area contributed by atoms with Crippen LogP contribution in [0.2, 0.25) is 0 Å². The van der Waals surface area contributed by atoms with Crippen LogP contribution in [0.1, 0.15) is 18.5 Å². The van der Waals surface area contributed by atoms with Gasteiger partial charge in [-0.05, 0) is 25.1 Å². The molecular weight excluding hydrogens is 253 g/mol. The third-order valence-electron chi connectivity index (χ3n) is 3.30. The summed E-state index contributed by atoms with van der Waals surface area (Å²) in [5.74, 6) is 0.117. The van der Waals surface area contributed by atoms with Crippen LogP contribution >= 0.6 is 0 Å². The molecule has 3 nitrogen and oxygen atoms in total. The minimum absolute atomic E-state index is 0.191. The van der Waals surface area contributed by atoms with Gasteiger partial charge in [-0.15, -0.1) is 0 Å². The number of benzene rings is 2. The summed E-state index contributed by atoms with van der Waals surface area (Å²) < 4.78 is 13.8. The Balaban J connectivity index is 2.21. The van der Waals surface area contributed by atoms with Gasteiger partial charge in [0.05, 0.1) is 11.7 Å². The van der Waals surface area contributed by atoms with E-state index in [2.05, 4.69) is 4.99 Å². The van der Waals surface area contributed by atoms with Crippen molar-refractivity contribution in [1.29, 1.82) is 0 Å². The Bertz CT molecular complexity index is 596. The number of hydrogen-bond acceptors (Lipinski definition) is 1. The van der Waals surface area contributed by atoms with Crippen LogP contribution in [0.25, 0.3) is 0 Å². The van der Waals surface area contributed by atoms with Crippen molar-refractivity contribution in [3.05, 3.63) is 66.0 Å². The van der Waals surface area contributed by atoms with Crippen LogP contribution in [0.15, 0.2) is 59.6 Å². The predicted octanol–water partition coefficient (Wildman–Crippen LogP) is 3.46. The van der Waals surface area contributed by atoms with Crippen molar-refractivity contribution in [2.24, 2.45) is 10.7 Å². The Hall–Kier alpha value is -2.36. The van der Waals surface area contributed by atoms with E-state index >= 15 is 0 Å². The maximum Gasteiger partial charge on any atom is 0.196 e. The van der Waals surface area contributed by atoms with E-state index in [1.807, 2.05) is 43.3 Å². The maximum atomic E-state index is 13.8. The molecule has 0 saturated carbocycles. The van der Waals surface area contributed by atoms with Gasteiger partial charge in [-0.25, -0.2) is 9.38 Å². The number of rotatable bonds is 3. The summed E-state index contributed by atoms with van der Waals surface area (Å²) in [4.78, 5) is 6.09. The van der Waals surface area contributed by atoms with E-state index in [-0.39, 0.29) is 11.9 Å². The van der Waals surface area contributed by atoms with Crippen LogP contribution in [-0.4, -0.2) is 17.9 Å². The van der Waals surface area contributed by atoms with Crippen LogP contribution in [0.5, 0.6) is 0 Å². The van der Waals surface area contributed by atoms with Crippen LogP contribution in [0.4, 0.5) is 10.1 Å². The molecule has 2 aromatic rings. The van der Waals surface area contributed by atoms with E-state index in [0.29, 0.717) is 11.5 Å². The van der Waals surface area contributed by atoms with E-state index in [0.717, 1.165) is 5.69 Å². The molecule has 0 radical (unpaired) electrons. The van der Waals surface area contributed by atoms with Crippen molar-refractivity contribution >= 4 is 11.6 Å². The topological polar surface area (TPSA) is 41.6 Å². The lowest BCUT2D eigenvalue weighted by Gasteiger charge is -2.26. The van der Waals surface area contributed by atoms with Crippen molar-refractivity contribution in [2.45, 2.75) is 13.0 Å². The molecule has 0 aliphatic carbocycles. The maximum absolute atomic E-state index is 13.8. The van der Waals surface area contributed by atoms with Crippen molar-refractivity contribution in [1.82, 2.24) is 4.90 Å². The fourth-order valence-electron chi connectivity index (χ4n) is 1.93. The molecule has 20 heavy (non-hydrogen) atoms. The Kier molecular flexibility index (Phi) is 4.35. The molecule has 0 heterocycles. The van der Waals surface area contributed by atoms with Gasteiger partial charge in [0, 0.05) is 12.6 Å². The largest absolute Gasteiger partial charge is 0.369 e. The second-order valence-electron chi connectivity index (χ2n) is 4.61. The van der Waals surface area contributed by atoms with Gasteiger partial charge in [0.15, 0.2) is 5.96 Å². The van der Waals surface area contributed by atoms with Gasteiger partial charge >= 0.3 is 0 Å². The summed E-state index contributed by atoms with van der Waals surface area (Å²) >= 11 is 0. The highest BCUT2D eigenvalue weighted by molar-refractivity contribution is 5.81. The zero-order valence-corrected chi connectivity index (χ0v) is 11.6. The van der Waals surface area contributed by atoms with Crippen LogP contribution in [0.3, 0.4) is 0 Å². The van der Waals surface area contributed by atoms with Gasteiger partial charge < -0.3 is 10.6 Å². The van der Waals surface area contributed by atoms with Crippen LogP contribution < -0.4 is 5.73 Å². The Labute approximate surface area is 118 Å². The molecule has 4 heteroatoms. The highest BCUT2D eigenvalue weighted by atomic mass is 19.1. The standard InChI is InChI=1S/C16H18FN3/c1-12(14-10-6-7-11-15(14)17)20(2)16(18)19-13-8-4-3-5-9-13/h3-12H,1-2H3,(H2,18,19). The Morgan fingerprint density at radius 2 is 1.70 bits per heavy atom. The lowest BCUT2D eigenvalue weighted by atomic mass is 10.1. The molecule has 2 rings (SSSR count). The van der Waals surface area contributed by atoms with E-state index in [1.165, 1.54) is 6.07 Å². The average Bonchev–Trinajstić information content (AvgIpc) is 2.47. The number of aliphatic imine (C=N–C) groups is 1. The van der Waals surface area contributed by atoms with E-state index in [4.69, 9.17) is 5.73 Å². The third-order valence-corrected chi connectivity index (χ3v) is 3.30. The minimum atomic E-state index is -0.237. The van der Waals surface area contributed by atoms with Crippen LogP contribution in [-0.2, 0) is 0 Å². The molecule has 0 aliphatic heterocycles. The molecule has 2 aromatic carbocycles. The van der Waals surface area contributed by atoms with Crippen molar-refractivity contribution in [3.63, 3.8) is 0 Å². The Morgan fingerprint density at radius 3 is 2.35 bits per heavy atom. The van der Waals surface area contributed by atoms with Gasteiger partial charge in [0.2, 0.25) is 0 Å². The monoisotopic (exact) mass is 271 g/mol. The quantitative estimate of drug-likeness (QED) is 0.686. The van der Waals surface area contributed by atoms with E-state index in [1.54, 1.807) is 24.1 Å². The number of nitrogens with two attached hydrogens (primary N) is 1. The predicted molar refractivity (Wildman–Crippen MR) is 80.3 cm³/mol. The summed E-state index contributed by atoms with van der Waals surface area (Å²) in [6.45, 7) is 1.89. The number of hydrogen-bond donors (Lipinski definition) is 1. The molecule has 104 valence electrons. The summed E-state index contributed by atoms with van der Waals surface area (Å²) in [5, 5.41) is 0. The summed E-state index contributed by atoms with van der Waals surface area (Å²) in [5.41, 5.74) is 7.36. The average molecular weight is 271 g/mol. The van der Waals surface area contributed by atoms with Gasteiger partial charge in [-0.2, -0.15) is 0 Å². The fourth-order valence-corrected chi connectivity index (χ4v) is 1.93. The van der Waals surface area contributed by atoms with Crippen molar-refractivity contribution in [2.75, 3.05) is 7.05 Å². The molecule has 0 amide bonds. The smallest absolute Gasteiger partial charge is 0.196 e. The van der Waals surface area contributed by atoms with E-state index in [9.17, 15) is 4.39 Å². The molecule has 0 saturated heterocycles. The first-order valence-electron chi connectivity index (χ1n) is 6.46. The van der Waals surface area contributed by atoms with Gasteiger partial charge in [0.25, 0.3) is 0 Å². The Morgan fingerprint density at radius 1 is 1.10 bits per heavy atom. The van der Waals surface area contributed by atoms with Gasteiger partial charge in [-0.1, -0.05) is 36.4 Å². The van der Waals surface area contributed by atoms with Gasteiger partial charge in [-0.3, -0.25) is 0 Å². The van der Waals surface area contributed by atoms with Gasteiger partial charge in [0.1, 0.15) is 5.82 Å². The minimum Gasteiger partial charge on any atom is -0.369 e. The molecule has 2 N–H and O–H groups in total. The zero-order chi connectivity index (χ0) is 14.5. The molecule has 0 bridgehead atoms. The second kappa shape index (κ2) is 6.19. The molecule has 0 fully saturated rings.